The largest absolute Gasteiger partial charge is 0.367 e. The number of nitrogens with zero attached hydrogens (tertiary/aromatic N) is 1. The maximum atomic E-state index is 13.5. The molecule has 2 nitrogen and oxygen atoms in total. The highest BCUT2D eigenvalue weighted by molar-refractivity contribution is 7.99. The minimum atomic E-state index is -0.144. The van der Waals surface area contributed by atoms with Crippen LogP contribution in [0.2, 0.25) is 0 Å². The molecule has 1 unspecified atom stereocenters. The van der Waals surface area contributed by atoms with Crippen LogP contribution in [0, 0.1) is 11.7 Å². The first-order valence-electron chi connectivity index (χ1n) is 7.41. The van der Waals surface area contributed by atoms with Crippen molar-refractivity contribution in [3.05, 3.63) is 29.6 Å². The van der Waals surface area contributed by atoms with Crippen molar-refractivity contribution in [3.63, 3.8) is 0 Å². The van der Waals surface area contributed by atoms with Crippen LogP contribution in [0.1, 0.15) is 26.3 Å². The third kappa shape index (κ3) is 4.13. The number of halogens is 1. The molecule has 0 bridgehead atoms. The van der Waals surface area contributed by atoms with Crippen molar-refractivity contribution in [3.8, 4) is 0 Å². The average molecular weight is 296 g/mol. The van der Waals surface area contributed by atoms with E-state index in [9.17, 15) is 4.39 Å². The molecule has 1 aliphatic heterocycles. The van der Waals surface area contributed by atoms with E-state index in [4.69, 9.17) is 0 Å². The van der Waals surface area contributed by atoms with Gasteiger partial charge in [-0.05, 0) is 43.1 Å². The zero-order valence-electron chi connectivity index (χ0n) is 12.7. The van der Waals surface area contributed by atoms with Crippen LogP contribution in [0.15, 0.2) is 18.2 Å². The van der Waals surface area contributed by atoms with Crippen LogP contribution in [0.25, 0.3) is 0 Å². The Morgan fingerprint density at radius 3 is 2.95 bits per heavy atom. The zero-order valence-corrected chi connectivity index (χ0v) is 13.5. The summed E-state index contributed by atoms with van der Waals surface area (Å²) >= 11 is 2.00. The molecule has 1 aromatic rings. The van der Waals surface area contributed by atoms with Gasteiger partial charge in [-0.3, -0.25) is 0 Å². The van der Waals surface area contributed by atoms with Gasteiger partial charge in [0.1, 0.15) is 5.82 Å². The molecule has 1 fully saturated rings. The molecule has 0 radical (unpaired) electrons. The van der Waals surface area contributed by atoms with Gasteiger partial charge >= 0.3 is 0 Å². The van der Waals surface area contributed by atoms with E-state index >= 15 is 0 Å². The summed E-state index contributed by atoms with van der Waals surface area (Å²) in [5.74, 6) is 2.77. The fourth-order valence-electron chi connectivity index (χ4n) is 2.56. The molecular formula is C16H25FN2S. The van der Waals surface area contributed by atoms with Crippen LogP contribution >= 0.6 is 11.8 Å². The molecule has 1 atom stereocenters. The lowest BCUT2D eigenvalue weighted by molar-refractivity contribution is 0.548. The molecule has 0 aromatic heterocycles. The molecule has 1 saturated heterocycles. The van der Waals surface area contributed by atoms with Gasteiger partial charge in [0.2, 0.25) is 0 Å². The summed E-state index contributed by atoms with van der Waals surface area (Å²) in [5.41, 5.74) is 2.26. The molecule has 1 heterocycles. The number of hydrogen-bond acceptors (Lipinski definition) is 3. The molecule has 2 rings (SSSR count). The fourth-order valence-corrected chi connectivity index (χ4v) is 3.57. The molecule has 0 aliphatic carbocycles. The summed E-state index contributed by atoms with van der Waals surface area (Å²) in [7, 11) is 0. The molecule has 1 aromatic carbocycles. The zero-order chi connectivity index (χ0) is 14.5. The van der Waals surface area contributed by atoms with Gasteiger partial charge in [-0.15, -0.1) is 0 Å². The predicted octanol–water partition coefficient (Wildman–Crippen LogP) is 3.51. The van der Waals surface area contributed by atoms with Crippen LogP contribution in [0.5, 0.6) is 0 Å². The van der Waals surface area contributed by atoms with Gasteiger partial charge < -0.3 is 10.2 Å². The Labute approximate surface area is 126 Å². The number of rotatable bonds is 5. The highest BCUT2D eigenvalue weighted by Crippen LogP contribution is 2.28. The average Bonchev–Trinajstić information content (AvgIpc) is 2.40. The van der Waals surface area contributed by atoms with E-state index in [0.717, 1.165) is 36.7 Å². The van der Waals surface area contributed by atoms with Crippen molar-refractivity contribution < 1.29 is 4.39 Å². The van der Waals surface area contributed by atoms with E-state index in [1.807, 2.05) is 17.8 Å². The lowest BCUT2D eigenvalue weighted by Crippen LogP contribution is -2.41. The molecule has 4 heteroatoms. The highest BCUT2D eigenvalue weighted by atomic mass is 32.2. The second-order valence-corrected chi connectivity index (χ2v) is 7.06. The van der Waals surface area contributed by atoms with Crippen molar-refractivity contribution >= 4 is 17.4 Å². The van der Waals surface area contributed by atoms with Crippen LogP contribution in [0.4, 0.5) is 10.1 Å². The fraction of sp³-hybridized carbons (Fsp3) is 0.625. The Morgan fingerprint density at radius 1 is 1.45 bits per heavy atom. The minimum absolute atomic E-state index is 0.144. The summed E-state index contributed by atoms with van der Waals surface area (Å²) in [6, 6.07) is 5.71. The van der Waals surface area contributed by atoms with Crippen molar-refractivity contribution in [2.24, 2.45) is 5.92 Å². The second kappa shape index (κ2) is 7.32. The Kier molecular flexibility index (Phi) is 5.73. The third-order valence-electron chi connectivity index (χ3n) is 3.59. The number of benzene rings is 1. The van der Waals surface area contributed by atoms with E-state index < -0.39 is 0 Å². The van der Waals surface area contributed by atoms with E-state index in [0.29, 0.717) is 12.0 Å². The third-order valence-corrected chi connectivity index (χ3v) is 4.78. The first-order valence-corrected chi connectivity index (χ1v) is 8.57. The van der Waals surface area contributed by atoms with Gasteiger partial charge in [-0.25, -0.2) is 4.39 Å². The summed E-state index contributed by atoms with van der Waals surface area (Å²) in [6.45, 7) is 9.37. The molecule has 0 saturated carbocycles. The van der Waals surface area contributed by atoms with Gasteiger partial charge in [-0.1, -0.05) is 13.8 Å². The van der Waals surface area contributed by atoms with Crippen molar-refractivity contribution in [2.45, 2.75) is 33.4 Å². The maximum Gasteiger partial charge on any atom is 0.123 e. The molecular weight excluding hydrogens is 271 g/mol. The molecule has 0 spiro atoms. The normalized spacial score (nSPS) is 19.6. The monoisotopic (exact) mass is 296 g/mol. The molecule has 0 amide bonds. The van der Waals surface area contributed by atoms with E-state index in [1.165, 1.54) is 5.69 Å². The minimum Gasteiger partial charge on any atom is -0.367 e. The van der Waals surface area contributed by atoms with E-state index in [2.05, 4.69) is 31.0 Å². The van der Waals surface area contributed by atoms with Crippen LogP contribution in [-0.2, 0) is 6.54 Å². The van der Waals surface area contributed by atoms with Crippen LogP contribution in [0.3, 0.4) is 0 Å². The summed E-state index contributed by atoms with van der Waals surface area (Å²) in [6.07, 6.45) is 0. The lowest BCUT2D eigenvalue weighted by Gasteiger charge is -2.36. The summed E-state index contributed by atoms with van der Waals surface area (Å²) in [5, 5.41) is 3.42. The van der Waals surface area contributed by atoms with Gasteiger partial charge in [0, 0.05) is 36.3 Å². The second-order valence-electron chi connectivity index (χ2n) is 5.92. The van der Waals surface area contributed by atoms with Crippen LogP contribution < -0.4 is 10.2 Å². The van der Waals surface area contributed by atoms with Gasteiger partial charge in [0.05, 0.1) is 0 Å². The summed E-state index contributed by atoms with van der Waals surface area (Å²) in [4.78, 5) is 2.42. The molecule has 112 valence electrons. The standard InChI is InChI=1S/C16H25FN2S/c1-12(2)9-18-10-14-8-15(17)4-5-16(14)19-6-7-20-11-13(19)3/h4-5,8,12-13,18H,6-7,9-11H2,1-3H3. The van der Waals surface area contributed by atoms with Gasteiger partial charge in [-0.2, -0.15) is 11.8 Å². The van der Waals surface area contributed by atoms with Crippen molar-refractivity contribution in [1.82, 2.24) is 5.32 Å². The SMILES string of the molecule is CC(C)CNCc1cc(F)ccc1N1CCSCC1C. The predicted molar refractivity (Wildman–Crippen MR) is 87.1 cm³/mol. The van der Waals surface area contributed by atoms with Crippen molar-refractivity contribution in [2.75, 3.05) is 29.5 Å². The number of thioether (sulfide) groups is 1. The topological polar surface area (TPSA) is 15.3 Å². The quantitative estimate of drug-likeness (QED) is 0.895. The Hall–Kier alpha value is -0.740. The van der Waals surface area contributed by atoms with Gasteiger partial charge in [0.15, 0.2) is 0 Å². The van der Waals surface area contributed by atoms with Crippen LogP contribution in [-0.4, -0.2) is 30.6 Å². The lowest BCUT2D eigenvalue weighted by atomic mass is 10.1. The Balaban J connectivity index is 2.14. The highest BCUT2D eigenvalue weighted by Gasteiger charge is 2.21. The maximum absolute atomic E-state index is 13.5. The van der Waals surface area contributed by atoms with Crippen molar-refractivity contribution in [1.29, 1.82) is 0 Å². The first-order chi connectivity index (χ1) is 9.58. The molecule has 1 aliphatic rings. The number of nitrogens with one attached hydrogen (secondary N) is 1. The summed E-state index contributed by atoms with van der Waals surface area (Å²) < 4.78 is 13.5. The number of hydrogen-bond donors (Lipinski definition) is 1. The number of anilines is 1. The van der Waals surface area contributed by atoms with E-state index in [-0.39, 0.29) is 5.82 Å². The molecule has 20 heavy (non-hydrogen) atoms. The first kappa shape index (κ1) is 15.6. The molecule has 1 N–H and O–H groups in total. The smallest absolute Gasteiger partial charge is 0.123 e. The Bertz CT molecular complexity index is 436. The van der Waals surface area contributed by atoms with E-state index in [1.54, 1.807) is 12.1 Å². The Morgan fingerprint density at radius 2 is 2.25 bits per heavy atom. The van der Waals surface area contributed by atoms with Gasteiger partial charge in [0.25, 0.3) is 0 Å².